The molecule has 1 unspecified atom stereocenters. The van der Waals surface area contributed by atoms with Crippen LogP contribution in [-0.4, -0.2) is 11.7 Å². The lowest BCUT2D eigenvalue weighted by atomic mass is 9.96. The maximum atomic E-state index is 9.50. The molecule has 0 amide bonds. The van der Waals surface area contributed by atoms with Crippen LogP contribution in [0.2, 0.25) is 0 Å². The third-order valence-electron chi connectivity index (χ3n) is 2.80. The Balaban J connectivity index is 2.21. The van der Waals surface area contributed by atoms with Crippen LogP contribution in [0.25, 0.3) is 0 Å². The zero-order chi connectivity index (χ0) is 9.97. The minimum Gasteiger partial charge on any atom is -0.508 e. The zero-order valence-electron chi connectivity index (χ0n) is 8.59. The van der Waals surface area contributed by atoms with Crippen LogP contribution in [0.4, 0.5) is 0 Å². The van der Waals surface area contributed by atoms with E-state index in [9.17, 15) is 5.11 Å². The molecule has 0 saturated carbocycles. The Morgan fingerprint density at radius 1 is 1.29 bits per heavy atom. The highest BCUT2D eigenvalue weighted by Gasteiger charge is 2.14. The zero-order valence-corrected chi connectivity index (χ0v) is 8.59. The van der Waals surface area contributed by atoms with E-state index >= 15 is 0 Å². The molecule has 0 spiro atoms. The van der Waals surface area contributed by atoms with Gasteiger partial charge < -0.3 is 10.4 Å². The van der Waals surface area contributed by atoms with Crippen molar-refractivity contribution in [1.29, 1.82) is 0 Å². The number of phenols is 1. The lowest BCUT2D eigenvalue weighted by Gasteiger charge is -2.24. The van der Waals surface area contributed by atoms with Gasteiger partial charge in [0.1, 0.15) is 5.75 Å². The van der Waals surface area contributed by atoms with Crippen LogP contribution in [0.1, 0.15) is 36.4 Å². The molecule has 1 fully saturated rings. The maximum absolute atomic E-state index is 9.50. The predicted octanol–water partition coefficient (Wildman–Crippen LogP) is 2.52. The standard InChI is InChI=1S/C12H17NO/c1-9-6-10(8-11(14)7-9)12-4-2-3-5-13-12/h6-8,12-14H,2-5H2,1H3. The summed E-state index contributed by atoms with van der Waals surface area (Å²) in [5.74, 6) is 0.382. The fraction of sp³-hybridized carbons (Fsp3) is 0.500. The lowest BCUT2D eigenvalue weighted by Crippen LogP contribution is -2.26. The van der Waals surface area contributed by atoms with Crippen molar-refractivity contribution in [1.82, 2.24) is 5.32 Å². The van der Waals surface area contributed by atoms with Crippen molar-refractivity contribution in [3.63, 3.8) is 0 Å². The van der Waals surface area contributed by atoms with Crippen LogP contribution >= 0.6 is 0 Å². The van der Waals surface area contributed by atoms with Gasteiger partial charge >= 0.3 is 0 Å². The van der Waals surface area contributed by atoms with Crippen molar-refractivity contribution in [3.05, 3.63) is 29.3 Å². The second kappa shape index (κ2) is 4.01. The molecule has 0 aromatic heterocycles. The third-order valence-corrected chi connectivity index (χ3v) is 2.80. The van der Waals surface area contributed by atoms with E-state index in [-0.39, 0.29) is 0 Å². The van der Waals surface area contributed by atoms with Gasteiger partial charge in [-0.25, -0.2) is 0 Å². The van der Waals surface area contributed by atoms with Crippen LogP contribution in [0.3, 0.4) is 0 Å². The molecule has 1 aliphatic rings. The van der Waals surface area contributed by atoms with Crippen molar-refractivity contribution < 1.29 is 5.11 Å². The molecule has 76 valence electrons. The fourth-order valence-corrected chi connectivity index (χ4v) is 2.13. The van der Waals surface area contributed by atoms with Crippen molar-refractivity contribution >= 4 is 0 Å². The van der Waals surface area contributed by atoms with E-state index in [1.165, 1.54) is 24.8 Å². The molecule has 1 atom stereocenters. The number of aromatic hydroxyl groups is 1. The second-order valence-electron chi connectivity index (χ2n) is 4.10. The van der Waals surface area contributed by atoms with Crippen molar-refractivity contribution in [2.24, 2.45) is 0 Å². The highest BCUT2D eigenvalue weighted by Crippen LogP contribution is 2.26. The van der Waals surface area contributed by atoms with Gasteiger partial charge in [-0.05, 0) is 49.6 Å². The SMILES string of the molecule is Cc1cc(O)cc(C2CCCCN2)c1. The monoisotopic (exact) mass is 191 g/mol. The molecule has 1 aliphatic heterocycles. The van der Waals surface area contributed by atoms with E-state index in [2.05, 4.69) is 11.4 Å². The predicted molar refractivity (Wildman–Crippen MR) is 57.4 cm³/mol. The van der Waals surface area contributed by atoms with Gasteiger partial charge in [-0.2, -0.15) is 0 Å². The molecule has 0 bridgehead atoms. The summed E-state index contributed by atoms with van der Waals surface area (Å²) in [6.45, 7) is 3.12. The molecular weight excluding hydrogens is 174 g/mol. The first-order valence-corrected chi connectivity index (χ1v) is 5.29. The molecule has 1 aromatic carbocycles. The normalized spacial score (nSPS) is 22.2. The average Bonchev–Trinajstić information content (AvgIpc) is 2.18. The van der Waals surface area contributed by atoms with Gasteiger partial charge in [-0.15, -0.1) is 0 Å². The van der Waals surface area contributed by atoms with Crippen LogP contribution in [-0.2, 0) is 0 Å². The highest BCUT2D eigenvalue weighted by atomic mass is 16.3. The second-order valence-corrected chi connectivity index (χ2v) is 4.10. The number of hydrogen-bond acceptors (Lipinski definition) is 2. The number of rotatable bonds is 1. The molecule has 2 rings (SSSR count). The molecule has 2 N–H and O–H groups in total. The summed E-state index contributed by atoms with van der Waals surface area (Å²) in [6.07, 6.45) is 3.74. The maximum Gasteiger partial charge on any atom is 0.116 e. The van der Waals surface area contributed by atoms with E-state index in [1.807, 2.05) is 13.0 Å². The van der Waals surface area contributed by atoms with Gasteiger partial charge in [0, 0.05) is 6.04 Å². The minimum absolute atomic E-state index is 0.382. The van der Waals surface area contributed by atoms with Gasteiger partial charge in [-0.3, -0.25) is 0 Å². The molecule has 14 heavy (non-hydrogen) atoms. The van der Waals surface area contributed by atoms with E-state index in [0.717, 1.165) is 12.1 Å². The highest BCUT2D eigenvalue weighted by molar-refractivity contribution is 5.34. The first-order valence-electron chi connectivity index (χ1n) is 5.29. The smallest absolute Gasteiger partial charge is 0.116 e. The largest absolute Gasteiger partial charge is 0.508 e. The van der Waals surface area contributed by atoms with Crippen molar-refractivity contribution in [2.75, 3.05) is 6.54 Å². The van der Waals surface area contributed by atoms with Gasteiger partial charge in [0.15, 0.2) is 0 Å². The van der Waals surface area contributed by atoms with Crippen LogP contribution in [0.15, 0.2) is 18.2 Å². The number of aryl methyl sites for hydroxylation is 1. The van der Waals surface area contributed by atoms with E-state index < -0.39 is 0 Å². The van der Waals surface area contributed by atoms with Gasteiger partial charge in [0.25, 0.3) is 0 Å². The summed E-state index contributed by atoms with van der Waals surface area (Å²) < 4.78 is 0. The first-order chi connectivity index (χ1) is 6.75. The van der Waals surface area contributed by atoms with Crippen LogP contribution in [0, 0.1) is 6.92 Å². The topological polar surface area (TPSA) is 32.3 Å². The number of hydrogen-bond donors (Lipinski definition) is 2. The fourth-order valence-electron chi connectivity index (χ4n) is 2.13. The number of benzene rings is 1. The van der Waals surface area contributed by atoms with Gasteiger partial charge in [-0.1, -0.05) is 12.5 Å². The number of piperidine rings is 1. The summed E-state index contributed by atoms with van der Waals surface area (Å²) in [5.41, 5.74) is 2.36. The molecule has 1 aromatic rings. The van der Waals surface area contributed by atoms with Crippen molar-refractivity contribution in [3.8, 4) is 5.75 Å². The van der Waals surface area contributed by atoms with Crippen molar-refractivity contribution in [2.45, 2.75) is 32.2 Å². The molecule has 1 heterocycles. The molecule has 0 radical (unpaired) electrons. The summed E-state index contributed by atoms with van der Waals surface area (Å²) in [6, 6.07) is 6.26. The third kappa shape index (κ3) is 2.07. The Hall–Kier alpha value is -1.02. The summed E-state index contributed by atoms with van der Waals surface area (Å²) in [4.78, 5) is 0. The Morgan fingerprint density at radius 2 is 2.14 bits per heavy atom. The van der Waals surface area contributed by atoms with Crippen LogP contribution < -0.4 is 5.32 Å². The Labute approximate surface area is 85.0 Å². The quantitative estimate of drug-likeness (QED) is 0.715. The molecule has 2 nitrogen and oxygen atoms in total. The number of nitrogens with one attached hydrogen (secondary N) is 1. The molecule has 1 saturated heterocycles. The minimum atomic E-state index is 0.382. The Kier molecular flexibility index (Phi) is 2.73. The summed E-state index contributed by atoms with van der Waals surface area (Å²) >= 11 is 0. The van der Waals surface area contributed by atoms with E-state index in [1.54, 1.807) is 6.07 Å². The molecular formula is C12H17NO. The summed E-state index contributed by atoms with van der Waals surface area (Å²) in [5, 5.41) is 13.0. The van der Waals surface area contributed by atoms with Gasteiger partial charge in [0.05, 0.1) is 0 Å². The van der Waals surface area contributed by atoms with Crippen LogP contribution in [0.5, 0.6) is 5.75 Å². The average molecular weight is 191 g/mol. The van der Waals surface area contributed by atoms with E-state index in [4.69, 9.17) is 0 Å². The molecule has 0 aliphatic carbocycles. The Morgan fingerprint density at radius 3 is 2.79 bits per heavy atom. The molecule has 2 heteroatoms. The number of phenolic OH excluding ortho intramolecular Hbond substituents is 1. The van der Waals surface area contributed by atoms with Gasteiger partial charge in [0.2, 0.25) is 0 Å². The first kappa shape index (κ1) is 9.53. The van der Waals surface area contributed by atoms with E-state index in [0.29, 0.717) is 11.8 Å². The summed E-state index contributed by atoms with van der Waals surface area (Å²) in [7, 11) is 0. The lowest BCUT2D eigenvalue weighted by molar-refractivity contribution is 0.409. The Bertz CT molecular complexity index is 296.